The number of amidine groups is 2. The van der Waals surface area contributed by atoms with Gasteiger partial charge in [0, 0.05) is 24.9 Å². The number of aldehydes is 1. The third-order valence-electron chi connectivity index (χ3n) is 7.96. The highest BCUT2D eigenvalue weighted by Gasteiger charge is 2.51. The highest BCUT2D eigenvalue weighted by Crippen LogP contribution is 2.39. The van der Waals surface area contributed by atoms with Crippen molar-refractivity contribution in [2.75, 3.05) is 13.1 Å². The fraction of sp³-hybridized carbons (Fsp3) is 0.818. The van der Waals surface area contributed by atoms with Crippen molar-refractivity contribution >= 4 is 23.7 Å². The van der Waals surface area contributed by atoms with Gasteiger partial charge in [0.1, 0.15) is 18.0 Å². The third-order valence-corrected chi connectivity index (χ3v) is 7.96. The molecule has 0 bridgehead atoms. The van der Waals surface area contributed by atoms with Gasteiger partial charge in [-0.3, -0.25) is 20.5 Å². The predicted molar refractivity (Wildman–Crippen MR) is 118 cm³/mol. The summed E-state index contributed by atoms with van der Waals surface area (Å²) < 4.78 is 0. The second kappa shape index (κ2) is 9.14. The van der Waals surface area contributed by atoms with Crippen LogP contribution in [0.25, 0.3) is 0 Å². The smallest absolute Gasteiger partial charge is 0.154 e. The number of hydrogen-bond donors (Lipinski definition) is 5. The number of likely N-dealkylation sites (tertiary alicyclic amines) is 1. The van der Waals surface area contributed by atoms with Gasteiger partial charge in [-0.05, 0) is 32.6 Å². The van der Waals surface area contributed by atoms with E-state index in [9.17, 15) is 9.59 Å². The van der Waals surface area contributed by atoms with Crippen LogP contribution >= 0.6 is 0 Å². The number of rotatable bonds is 7. The molecule has 3 aliphatic rings. The lowest BCUT2D eigenvalue weighted by Gasteiger charge is -2.52. The molecule has 0 aromatic rings. The molecule has 0 spiro atoms. The number of carbonyl (C=O) groups excluding carboxylic acids is 2. The molecule has 3 atom stereocenters. The normalized spacial score (nSPS) is 31.8. The van der Waals surface area contributed by atoms with Gasteiger partial charge in [0.2, 0.25) is 0 Å². The summed E-state index contributed by atoms with van der Waals surface area (Å²) in [5.41, 5.74) is 10.8. The fourth-order valence-electron chi connectivity index (χ4n) is 5.97. The number of carbonyl (C=O) groups is 2. The van der Waals surface area contributed by atoms with E-state index < -0.39 is 29.0 Å². The molecule has 1 heterocycles. The first kappa shape index (κ1) is 22.9. The molecule has 3 fully saturated rings. The highest BCUT2D eigenvalue weighted by atomic mass is 16.1. The molecule has 8 heteroatoms. The van der Waals surface area contributed by atoms with Crippen LogP contribution in [0.1, 0.15) is 71.1 Å². The molecular weight excluding hydrogens is 380 g/mol. The monoisotopic (exact) mass is 418 g/mol. The van der Waals surface area contributed by atoms with Gasteiger partial charge in [0.05, 0.1) is 17.1 Å². The fourth-order valence-corrected chi connectivity index (χ4v) is 5.97. The van der Waals surface area contributed by atoms with E-state index in [0.717, 1.165) is 70.5 Å². The van der Waals surface area contributed by atoms with Gasteiger partial charge >= 0.3 is 0 Å². The summed E-state index contributed by atoms with van der Waals surface area (Å²) >= 11 is 0. The minimum atomic E-state index is -0.614. The number of nitrogens with two attached hydrogens (primary N) is 2. The zero-order chi connectivity index (χ0) is 21.9. The Morgan fingerprint density at radius 2 is 1.63 bits per heavy atom. The maximum Gasteiger partial charge on any atom is 0.154 e. The first-order chi connectivity index (χ1) is 14.3. The van der Waals surface area contributed by atoms with Gasteiger partial charge in [-0.2, -0.15) is 0 Å². The molecule has 7 N–H and O–H groups in total. The lowest BCUT2D eigenvalue weighted by Crippen LogP contribution is -2.68. The summed E-state index contributed by atoms with van der Waals surface area (Å²) in [5.74, 6) is -0.639. The zero-order valence-corrected chi connectivity index (χ0v) is 18.2. The van der Waals surface area contributed by atoms with Crippen molar-refractivity contribution in [1.29, 1.82) is 10.8 Å². The Bertz CT molecular complexity index is 681. The lowest BCUT2D eigenvalue weighted by atomic mass is 9.73. The topological polar surface area (TPSA) is 149 Å². The Balaban J connectivity index is 1.79. The summed E-state index contributed by atoms with van der Waals surface area (Å²) in [6.07, 6.45) is 10.2. The highest BCUT2D eigenvalue weighted by molar-refractivity contribution is 5.93. The van der Waals surface area contributed by atoms with Crippen molar-refractivity contribution in [3.8, 4) is 0 Å². The van der Waals surface area contributed by atoms with E-state index >= 15 is 0 Å². The minimum absolute atomic E-state index is 0.0200. The molecule has 2 saturated carbocycles. The Morgan fingerprint density at radius 1 is 1.07 bits per heavy atom. The number of hydrogen-bond acceptors (Lipinski definition) is 6. The number of Topliss-reactive ketones (excluding diaryl/α,β-unsaturated/α-hetero) is 1. The Morgan fingerprint density at radius 3 is 2.13 bits per heavy atom. The molecule has 168 valence electrons. The van der Waals surface area contributed by atoms with Crippen molar-refractivity contribution in [3.63, 3.8) is 0 Å². The van der Waals surface area contributed by atoms with Gasteiger partial charge < -0.3 is 21.6 Å². The summed E-state index contributed by atoms with van der Waals surface area (Å²) in [6.45, 7) is 2.68. The first-order valence-corrected chi connectivity index (χ1v) is 11.5. The largest absolute Gasteiger partial charge is 0.386 e. The second-order valence-electron chi connectivity index (χ2n) is 9.58. The van der Waals surface area contributed by atoms with Crippen LogP contribution in [0.4, 0.5) is 0 Å². The van der Waals surface area contributed by atoms with E-state index in [4.69, 9.17) is 22.3 Å². The van der Waals surface area contributed by atoms with Gasteiger partial charge in [-0.15, -0.1) is 0 Å². The van der Waals surface area contributed by atoms with Gasteiger partial charge in [0.15, 0.2) is 5.78 Å². The maximum atomic E-state index is 13.4. The average Bonchev–Trinajstić information content (AvgIpc) is 2.75. The van der Waals surface area contributed by atoms with Crippen LogP contribution < -0.4 is 16.8 Å². The summed E-state index contributed by atoms with van der Waals surface area (Å²) in [4.78, 5) is 27.5. The molecular formula is C22H38N6O2. The standard InChI is InChI=1S/C22H38N6O2/c1-15-18(30)17(12-27-21(19(23)24)8-4-2-5-9-21)16(14-29)13-28(15)22(20(25)26)10-6-3-7-11-22/h14-17,27H,2-13H2,1H3,(H3,23,24)(H3,25,26). The van der Waals surface area contributed by atoms with Crippen molar-refractivity contribution in [2.45, 2.75) is 88.3 Å². The second-order valence-corrected chi connectivity index (χ2v) is 9.58. The quantitative estimate of drug-likeness (QED) is 0.241. The van der Waals surface area contributed by atoms with E-state index in [1.807, 2.05) is 11.8 Å². The predicted octanol–water partition coefficient (Wildman–Crippen LogP) is 1.56. The molecule has 2 aliphatic carbocycles. The summed E-state index contributed by atoms with van der Waals surface area (Å²) in [6, 6.07) is -0.394. The van der Waals surface area contributed by atoms with Crippen LogP contribution in [-0.4, -0.2) is 58.8 Å². The Hall–Kier alpha value is -1.80. The van der Waals surface area contributed by atoms with E-state index in [2.05, 4.69) is 5.32 Å². The van der Waals surface area contributed by atoms with Crippen LogP contribution in [0.3, 0.4) is 0 Å². The van der Waals surface area contributed by atoms with E-state index in [-0.39, 0.29) is 17.5 Å². The third kappa shape index (κ3) is 4.04. The molecule has 30 heavy (non-hydrogen) atoms. The molecule has 0 aromatic carbocycles. The van der Waals surface area contributed by atoms with Crippen molar-refractivity contribution < 1.29 is 9.59 Å². The number of nitrogens with zero attached hydrogens (tertiary/aromatic N) is 1. The maximum absolute atomic E-state index is 13.4. The van der Waals surface area contributed by atoms with Crippen LogP contribution in [0.2, 0.25) is 0 Å². The average molecular weight is 419 g/mol. The molecule has 1 aliphatic heterocycles. The lowest BCUT2D eigenvalue weighted by molar-refractivity contribution is -0.141. The minimum Gasteiger partial charge on any atom is -0.386 e. The molecule has 3 unspecified atom stereocenters. The van der Waals surface area contributed by atoms with Gasteiger partial charge in [-0.1, -0.05) is 38.5 Å². The zero-order valence-electron chi connectivity index (χ0n) is 18.2. The van der Waals surface area contributed by atoms with E-state index in [0.29, 0.717) is 13.1 Å². The Labute approximate surface area is 179 Å². The molecule has 8 nitrogen and oxygen atoms in total. The number of ketones is 1. The van der Waals surface area contributed by atoms with Gasteiger partial charge in [0.25, 0.3) is 0 Å². The SMILES string of the molecule is CC1C(=O)C(CNC2(C(=N)N)CCCCC2)C(C=O)CN1C1(C(=N)N)CCCCC1. The number of piperidine rings is 1. The first-order valence-electron chi connectivity index (χ1n) is 11.5. The summed E-state index contributed by atoms with van der Waals surface area (Å²) in [7, 11) is 0. The van der Waals surface area contributed by atoms with Crippen molar-refractivity contribution in [1.82, 2.24) is 10.2 Å². The molecule has 0 amide bonds. The van der Waals surface area contributed by atoms with Gasteiger partial charge in [-0.25, -0.2) is 0 Å². The molecule has 3 rings (SSSR count). The van der Waals surface area contributed by atoms with Crippen LogP contribution in [0.5, 0.6) is 0 Å². The molecule has 1 saturated heterocycles. The van der Waals surface area contributed by atoms with Crippen LogP contribution in [0.15, 0.2) is 0 Å². The van der Waals surface area contributed by atoms with Crippen LogP contribution in [-0.2, 0) is 9.59 Å². The number of nitrogens with one attached hydrogen (secondary N) is 3. The van der Waals surface area contributed by atoms with Crippen molar-refractivity contribution in [3.05, 3.63) is 0 Å². The van der Waals surface area contributed by atoms with Crippen LogP contribution in [0, 0.1) is 22.7 Å². The molecule has 0 radical (unpaired) electrons. The van der Waals surface area contributed by atoms with E-state index in [1.165, 1.54) is 0 Å². The van der Waals surface area contributed by atoms with E-state index in [1.54, 1.807) is 0 Å². The summed E-state index contributed by atoms with van der Waals surface area (Å²) in [5, 5.41) is 19.8. The van der Waals surface area contributed by atoms with Crippen molar-refractivity contribution in [2.24, 2.45) is 23.3 Å². The Kier molecular flexibility index (Phi) is 6.97. The molecule has 0 aromatic heterocycles.